The Hall–Kier alpha value is -1.09. The highest BCUT2D eigenvalue weighted by molar-refractivity contribution is 5.55. The van der Waals surface area contributed by atoms with Crippen LogP contribution in [0.25, 0.3) is 0 Å². The van der Waals surface area contributed by atoms with E-state index in [1.807, 2.05) is 20.0 Å². The molecule has 2 atom stereocenters. The molecule has 0 aromatic heterocycles. The van der Waals surface area contributed by atoms with Gasteiger partial charge in [0.05, 0.1) is 0 Å². The third kappa shape index (κ3) is 2.44. The molecule has 0 aliphatic heterocycles. The summed E-state index contributed by atoms with van der Waals surface area (Å²) in [4.78, 5) is 2.17. The van der Waals surface area contributed by atoms with Crippen molar-refractivity contribution in [1.82, 2.24) is 0 Å². The van der Waals surface area contributed by atoms with Gasteiger partial charge in [-0.2, -0.15) is 0 Å². The molecule has 0 spiro atoms. The number of benzene rings is 1. The van der Waals surface area contributed by atoms with Crippen molar-refractivity contribution < 1.29 is 4.39 Å². The number of nitrogens with two attached hydrogens (primary N) is 1. The van der Waals surface area contributed by atoms with E-state index in [0.717, 1.165) is 11.6 Å². The van der Waals surface area contributed by atoms with Crippen LogP contribution in [0.3, 0.4) is 0 Å². The molecule has 0 bridgehead atoms. The summed E-state index contributed by atoms with van der Waals surface area (Å²) in [5.41, 5.74) is 7.44. The lowest BCUT2D eigenvalue weighted by Gasteiger charge is -2.30. The van der Waals surface area contributed by atoms with Crippen LogP contribution >= 0.6 is 0 Å². The van der Waals surface area contributed by atoms with Gasteiger partial charge in [0.1, 0.15) is 5.82 Å². The summed E-state index contributed by atoms with van der Waals surface area (Å²) < 4.78 is 13.8. The van der Waals surface area contributed by atoms with Crippen molar-refractivity contribution in [2.75, 3.05) is 11.9 Å². The molecule has 0 radical (unpaired) electrons. The Morgan fingerprint density at radius 1 is 1.35 bits per heavy atom. The third-order valence-corrected chi connectivity index (χ3v) is 3.78. The summed E-state index contributed by atoms with van der Waals surface area (Å²) in [5, 5.41) is 0. The van der Waals surface area contributed by atoms with Crippen LogP contribution in [-0.4, -0.2) is 13.1 Å². The lowest BCUT2D eigenvalue weighted by atomic mass is 10.0. The van der Waals surface area contributed by atoms with Gasteiger partial charge in [-0.15, -0.1) is 0 Å². The first-order valence-corrected chi connectivity index (χ1v) is 6.29. The normalized spacial score (nSPS) is 18.9. The fraction of sp³-hybridized carbons (Fsp3) is 0.571. The van der Waals surface area contributed by atoms with Crippen LogP contribution in [0.2, 0.25) is 0 Å². The van der Waals surface area contributed by atoms with Gasteiger partial charge in [0.2, 0.25) is 0 Å². The predicted octanol–water partition coefficient (Wildman–Crippen LogP) is 3.08. The first kappa shape index (κ1) is 12.4. The summed E-state index contributed by atoms with van der Waals surface area (Å²) in [6.45, 7) is 4.03. The maximum atomic E-state index is 13.8. The van der Waals surface area contributed by atoms with Crippen LogP contribution in [0.15, 0.2) is 18.2 Å². The van der Waals surface area contributed by atoms with Crippen molar-refractivity contribution in [2.24, 2.45) is 11.7 Å². The maximum Gasteiger partial charge on any atom is 0.130 e. The van der Waals surface area contributed by atoms with Crippen LogP contribution in [-0.2, 0) is 0 Å². The Morgan fingerprint density at radius 3 is 2.53 bits per heavy atom. The molecular formula is C14H21FN2. The summed E-state index contributed by atoms with van der Waals surface area (Å²) in [6.07, 6.45) is 2.57. The number of anilines is 1. The zero-order valence-corrected chi connectivity index (χ0v) is 10.8. The first-order valence-electron chi connectivity index (χ1n) is 6.29. The molecule has 2 N–H and O–H groups in total. The monoisotopic (exact) mass is 236 g/mol. The van der Waals surface area contributed by atoms with Crippen molar-refractivity contribution >= 4 is 5.69 Å². The summed E-state index contributed by atoms with van der Waals surface area (Å²) in [6, 6.07) is 5.37. The fourth-order valence-electron chi connectivity index (χ4n) is 2.40. The van der Waals surface area contributed by atoms with Gasteiger partial charge in [0, 0.05) is 30.4 Å². The molecule has 1 saturated carbocycles. The third-order valence-electron chi connectivity index (χ3n) is 3.78. The van der Waals surface area contributed by atoms with E-state index in [-0.39, 0.29) is 11.9 Å². The standard InChI is InChI=1S/C14H21FN2/c1-9(16)14-12(15)5-4-6-13(14)17(3)10(2)11-7-8-11/h4-6,9-11H,7-8,16H2,1-3H3. The Balaban J connectivity index is 2.33. The van der Waals surface area contributed by atoms with Gasteiger partial charge >= 0.3 is 0 Å². The zero-order chi connectivity index (χ0) is 12.6. The molecule has 0 heterocycles. The Morgan fingerprint density at radius 2 is 2.00 bits per heavy atom. The fourth-order valence-corrected chi connectivity index (χ4v) is 2.40. The van der Waals surface area contributed by atoms with E-state index < -0.39 is 0 Å². The molecule has 1 aromatic rings. The summed E-state index contributed by atoms with van der Waals surface area (Å²) in [5.74, 6) is 0.552. The lowest BCUT2D eigenvalue weighted by Crippen LogP contribution is -2.32. The van der Waals surface area contributed by atoms with E-state index >= 15 is 0 Å². The van der Waals surface area contributed by atoms with Gasteiger partial charge in [-0.25, -0.2) is 4.39 Å². The van der Waals surface area contributed by atoms with Gasteiger partial charge in [-0.05, 0) is 44.7 Å². The number of rotatable bonds is 4. The van der Waals surface area contributed by atoms with E-state index in [4.69, 9.17) is 5.73 Å². The maximum absolute atomic E-state index is 13.8. The number of nitrogens with zero attached hydrogens (tertiary/aromatic N) is 1. The van der Waals surface area contributed by atoms with E-state index in [0.29, 0.717) is 11.6 Å². The van der Waals surface area contributed by atoms with Crippen LogP contribution in [0, 0.1) is 11.7 Å². The van der Waals surface area contributed by atoms with Gasteiger partial charge in [0.25, 0.3) is 0 Å². The Kier molecular flexibility index (Phi) is 3.38. The van der Waals surface area contributed by atoms with Crippen molar-refractivity contribution in [1.29, 1.82) is 0 Å². The smallest absolute Gasteiger partial charge is 0.130 e. The van der Waals surface area contributed by atoms with Crippen molar-refractivity contribution in [2.45, 2.75) is 38.8 Å². The van der Waals surface area contributed by atoms with Crippen LogP contribution < -0.4 is 10.6 Å². The number of halogens is 1. The minimum absolute atomic E-state index is 0.202. The van der Waals surface area contributed by atoms with Crippen molar-refractivity contribution in [3.05, 3.63) is 29.6 Å². The average molecular weight is 236 g/mol. The predicted molar refractivity (Wildman–Crippen MR) is 69.6 cm³/mol. The molecular weight excluding hydrogens is 215 g/mol. The molecule has 1 aliphatic rings. The first-order chi connectivity index (χ1) is 8.02. The number of hydrogen-bond donors (Lipinski definition) is 1. The lowest BCUT2D eigenvalue weighted by molar-refractivity contribution is 0.577. The minimum atomic E-state index is -0.278. The molecule has 2 rings (SSSR count). The zero-order valence-electron chi connectivity index (χ0n) is 10.8. The van der Waals surface area contributed by atoms with Crippen LogP contribution in [0.4, 0.5) is 10.1 Å². The van der Waals surface area contributed by atoms with Gasteiger partial charge in [0.15, 0.2) is 0 Å². The molecule has 1 aromatic carbocycles. The second-order valence-corrected chi connectivity index (χ2v) is 5.15. The molecule has 0 saturated heterocycles. The molecule has 2 unspecified atom stereocenters. The van der Waals surface area contributed by atoms with E-state index in [2.05, 4.69) is 11.8 Å². The topological polar surface area (TPSA) is 29.3 Å². The second kappa shape index (κ2) is 4.65. The average Bonchev–Trinajstić information content (AvgIpc) is 3.10. The highest BCUT2D eigenvalue weighted by Gasteiger charge is 2.31. The molecule has 1 aliphatic carbocycles. The summed E-state index contributed by atoms with van der Waals surface area (Å²) >= 11 is 0. The van der Waals surface area contributed by atoms with Gasteiger partial charge < -0.3 is 10.6 Å². The Bertz CT molecular complexity index is 399. The van der Waals surface area contributed by atoms with E-state index in [9.17, 15) is 4.39 Å². The minimum Gasteiger partial charge on any atom is -0.371 e. The van der Waals surface area contributed by atoms with Gasteiger partial charge in [-0.3, -0.25) is 0 Å². The largest absolute Gasteiger partial charge is 0.371 e. The molecule has 3 heteroatoms. The molecule has 0 amide bonds. The van der Waals surface area contributed by atoms with E-state index in [1.54, 1.807) is 6.07 Å². The van der Waals surface area contributed by atoms with Crippen molar-refractivity contribution in [3.8, 4) is 0 Å². The second-order valence-electron chi connectivity index (χ2n) is 5.15. The molecule has 94 valence electrons. The van der Waals surface area contributed by atoms with Crippen LogP contribution in [0.1, 0.15) is 38.3 Å². The number of hydrogen-bond acceptors (Lipinski definition) is 2. The molecule has 17 heavy (non-hydrogen) atoms. The van der Waals surface area contributed by atoms with Crippen LogP contribution in [0.5, 0.6) is 0 Å². The van der Waals surface area contributed by atoms with E-state index in [1.165, 1.54) is 18.9 Å². The quantitative estimate of drug-likeness (QED) is 0.870. The highest BCUT2D eigenvalue weighted by Crippen LogP contribution is 2.38. The molecule has 2 nitrogen and oxygen atoms in total. The van der Waals surface area contributed by atoms with Gasteiger partial charge in [-0.1, -0.05) is 6.07 Å². The Labute approximate surface area is 103 Å². The summed E-state index contributed by atoms with van der Waals surface area (Å²) in [7, 11) is 2.03. The van der Waals surface area contributed by atoms with Crippen molar-refractivity contribution in [3.63, 3.8) is 0 Å². The SMILES string of the molecule is CC(N)c1c(F)cccc1N(C)C(C)C1CC1. The highest BCUT2D eigenvalue weighted by atomic mass is 19.1. The molecule has 1 fully saturated rings.